The molecule has 0 unspecified atom stereocenters. The van der Waals surface area contributed by atoms with Crippen molar-refractivity contribution < 1.29 is 4.74 Å². The summed E-state index contributed by atoms with van der Waals surface area (Å²) in [6.07, 6.45) is 0. The van der Waals surface area contributed by atoms with Gasteiger partial charge in [0.2, 0.25) is 0 Å². The number of rotatable bonds is 6. The summed E-state index contributed by atoms with van der Waals surface area (Å²) in [4.78, 5) is 4.46. The minimum Gasteiger partial charge on any atom is -0.370 e. The highest BCUT2D eigenvalue weighted by molar-refractivity contribution is 5.34. The first kappa shape index (κ1) is 12.6. The predicted octanol–water partition coefficient (Wildman–Crippen LogP) is 3.23. The lowest BCUT2D eigenvalue weighted by Crippen LogP contribution is -2.02. The van der Waals surface area contributed by atoms with Gasteiger partial charge in [0.25, 0.3) is 0 Å². The monoisotopic (exact) mass is 242 g/mol. The molecule has 2 aromatic rings. The summed E-state index contributed by atoms with van der Waals surface area (Å²) in [5, 5.41) is 3.19. The van der Waals surface area contributed by atoms with Crippen LogP contribution in [0.5, 0.6) is 0 Å². The SMILES string of the molecule is CCNc1cccc(COCc2ccccc2)n1. The Labute approximate surface area is 108 Å². The van der Waals surface area contributed by atoms with E-state index in [1.165, 1.54) is 5.56 Å². The van der Waals surface area contributed by atoms with Crippen molar-refractivity contribution in [3.63, 3.8) is 0 Å². The third kappa shape index (κ3) is 3.86. The average molecular weight is 242 g/mol. The Morgan fingerprint density at radius 2 is 1.83 bits per heavy atom. The average Bonchev–Trinajstić information content (AvgIpc) is 2.41. The molecule has 0 bridgehead atoms. The molecule has 0 aliphatic carbocycles. The first-order valence-corrected chi connectivity index (χ1v) is 6.20. The third-order valence-electron chi connectivity index (χ3n) is 2.53. The normalized spacial score (nSPS) is 10.3. The molecule has 94 valence electrons. The second kappa shape index (κ2) is 6.77. The number of hydrogen-bond donors (Lipinski definition) is 1. The number of nitrogens with one attached hydrogen (secondary N) is 1. The molecule has 3 heteroatoms. The van der Waals surface area contributed by atoms with Gasteiger partial charge in [0.1, 0.15) is 5.82 Å². The summed E-state index contributed by atoms with van der Waals surface area (Å²) in [5.74, 6) is 0.901. The molecule has 0 atom stereocenters. The molecule has 0 amide bonds. The van der Waals surface area contributed by atoms with Crippen LogP contribution in [0.15, 0.2) is 48.5 Å². The second-order valence-electron chi connectivity index (χ2n) is 4.02. The lowest BCUT2D eigenvalue weighted by Gasteiger charge is -2.06. The molecule has 0 aliphatic heterocycles. The molecule has 1 aromatic heterocycles. The van der Waals surface area contributed by atoms with E-state index in [2.05, 4.69) is 29.4 Å². The van der Waals surface area contributed by atoms with E-state index in [1.54, 1.807) is 0 Å². The van der Waals surface area contributed by atoms with Crippen molar-refractivity contribution in [1.29, 1.82) is 0 Å². The van der Waals surface area contributed by atoms with E-state index in [9.17, 15) is 0 Å². The maximum Gasteiger partial charge on any atom is 0.126 e. The summed E-state index contributed by atoms with van der Waals surface area (Å²) in [5.41, 5.74) is 2.13. The first-order valence-electron chi connectivity index (χ1n) is 6.20. The molecule has 0 spiro atoms. The molecule has 0 saturated heterocycles. The third-order valence-corrected chi connectivity index (χ3v) is 2.53. The molecule has 1 aromatic carbocycles. The standard InChI is InChI=1S/C15H18N2O/c1-2-16-15-10-6-9-14(17-15)12-18-11-13-7-4-3-5-8-13/h3-10H,2,11-12H2,1H3,(H,16,17). The van der Waals surface area contributed by atoms with Crippen LogP contribution in [0.1, 0.15) is 18.2 Å². The van der Waals surface area contributed by atoms with Gasteiger partial charge in [-0.15, -0.1) is 0 Å². The van der Waals surface area contributed by atoms with Gasteiger partial charge in [0, 0.05) is 6.54 Å². The first-order chi connectivity index (χ1) is 8.88. The molecular formula is C15H18N2O. The van der Waals surface area contributed by atoms with Crippen molar-refractivity contribution in [2.45, 2.75) is 20.1 Å². The van der Waals surface area contributed by atoms with Gasteiger partial charge in [-0.3, -0.25) is 0 Å². The fourth-order valence-electron chi connectivity index (χ4n) is 1.69. The molecule has 0 aliphatic rings. The number of aromatic nitrogens is 1. The number of ether oxygens (including phenoxy) is 1. The quantitative estimate of drug-likeness (QED) is 0.844. The zero-order valence-corrected chi connectivity index (χ0v) is 10.6. The molecule has 3 nitrogen and oxygen atoms in total. The highest BCUT2D eigenvalue weighted by atomic mass is 16.5. The molecule has 18 heavy (non-hydrogen) atoms. The summed E-state index contributed by atoms with van der Waals surface area (Å²) < 4.78 is 5.65. The molecular weight excluding hydrogens is 224 g/mol. The molecule has 1 heterocycles. The molecule has 2 rings (SSSR count). The molecule has 0 fully saturated rings. The van der Waals surface area contributed by atoms with E-state index >= 15 is 0 Å². The van der Waals surface area contributed by atoms with Crippen LogP contribution in [0.2, 0.25) is 0 Å². The Hall–Kier alpha value is -1.87. The van der Waals surface area contributed by atoms with Gasteiger partial charge in [-0.1, -0.05) is 36.4 Å². The van der Waals surface area contributed by atoms with Gasteiger partial charge >= 0.3 is 0 Å². The van der Waals surface area contributed by atoms with Crippen molar-refractivity contribution >= 4 is 5.82 Å². The second-order valence-corrected chi connectivity index (χ2v) is 4.02. The Balaban J connectivity index is 1.84. The van der Waals surface area contributed by atoms with E-state index in [-0.39, 0.29) is 0 Å². The number of nitrogens with zero attached hydrogens (tertiary/aromatic N) is 1. The van der Waals surface area contributed by atoms with Gasteiger partial charge < -0.3 is 10.1 Å². The van der Waals surface area contributed by atoms with Crippen LogP contribution in [-0.4, -0.2) is 11.5 Å². The highest BCUT2D eigenvalue weighted by Crippen LogP contribution is 2.07. The van der Waals surface area contributed by atoms with Gasteiger partial charge in [-0.05, 0) is 24.6 Å². The summed E-state index contributed by atoms with van der Waals surface area (Å²) in [7, 11) is 0. The number of hydrogen-bond acceptors (Lipinski definition) is 3. The van der Waals surface area contributed by atoms with Crippen LogP contribution < -0.4 is 5.32 Å². The largest absolute Gasteiger partial charge is 0.370 e. The number of benzene rings is 1. The predicted molar refractivity (Wildman–Crippen MR) is 73.3 cm³/mol. The van der Waals surface area contributed by atoms with Crippen LogP contribution in [-0.2, 0) is 18.0 Å². The highest BCUT2D eigenvalue weighted by Gasteiger charge is 1.98. The lowest BCUT2D eigenvalue weighted by atomic mass is 10.2. The van der Waals surface area contributed by atoms with Crippen molar-refractivity contribution in [2.75, 3.05) is 11.9 Å². The molecule has 1 N–H and O–H groups in total. The van der Waals surface area contributed by atoms with Gasteiger partial charge in [0.05, 0.1) is 18.9 Å². The minimum absolute atomic E-state index is 0.536. The van der Waals surface area contributed by atoms with Crippen LogP contribution in [0.3, 0.4) is 0 Å². The smallest absolute Gasteiger partial charge is 0.126 e. The van der Waals surface area contributed by atoms with E-state index in [4.69, 9.17) is 4.74 Å². The van der Waals surface area contributed by atoms with Crippen molar-refractivity contribution in [3.05, 3.63) is 59.8 Å². The van der Waals surface area contributed by atoms with E-state index in [0.717, 1.165) is 18.1 Å². The van der Waals surface area contributed by atoms with Crippen molar-refractivity contribution in [2.24, 2.45) is 0 Å². The Kier molecular flexibility index (Phi) is 4.73. The Bertz CT molecular complexity index is 471. The zero-order chi connectivity index (χ0) is 12.6. The maximum atomic E-state index is 5.65. The molecule has 0 radical (unpaired) electrons. The molecule has 0 saturated carbocycles. The van der Waals surface area contributed by atoms with E-state index < -0.39 is 0 Å². The zero-order valence-electron chi connectivity index (χ0n) is 10.6. The topological polar surface area (TPSA) is 34.1 Å². The van der Waals surface area contributed by atoms with Crippen LogP contribution in [0.4, 0.5) is 5.82 Å². The van der Waals surface area contributed by atoms with Gasteiger partial charge in [-0.2, -0.15) is 0 Å². The van der Waals surface area contributed by atoms with Crippen molar-refractivity contribution in [1.82, 2.24) is 4.98 Å². The van der Waals surface area contributed by atoms with Crippen LogP contribution >= 0.6 is 0 Å². The number of pyridine rings is 1. The van der Waals surface area contributed by atoms with Crippen molar-refractivity contribution in [3.8, 4) is 0 Å². The summed E-state index contributed by atoms with van der Waals surface area (Å²) >= 11 is 0. The fourth-order valence-corrected chi connectivity index (χ4v) is 1.69. The maximum absolute atomic E-state index is 5.65. The van der Waals surface area contributed by atoms with Gasteiger partial charge in [0.15, 0.2) is 0 Å². The Morgan fingerprint density at radius 1 is 1.00 bits per heavy atom. The summed E-state index contributed by atoms with van der Waals surface area (Å²) in [6, 6.07) is 16.1. The van der Waals surface area contributed by atoms with E-state index in [0.29, 0.717) is 13.2 Å². The van der Waals surface area contributed by atoms with Gasteiger partial charge in [-0.25, -0.2) is 4.98 Å². The minimum atomic E-state index is 0.536. The summed E-state index contributed by atoms with van der Waals surface area (Å²) in [6.45, 7) is 4.09. The lowest BCUT2D eigenvalue weighted by molar-refractivity contribution is 0.104. The fraction of sp³-hybridized carbons (Fsp3) is 0.267. The Morgan fingerprint density at radius 3 is 2.61 bits per heavy atom. The van der Waals surface area contributed by atoms with E-state index in [1.807, 2.05) is 36.4 Å². The van der Waals surface area contributed by atoms with Crippen LogP contribution in [0.25, 0.3) is 0 Å². The number of anilines is 1. The van der Waals surface area contributed by atoms with Crippen LogP contribution in [0, 0.1) is 0 Å².